The van der Waals surface area contributed by atoms with Crippen molar-refractivity contribution in [3.05, 3.63) is 46.7 Å². The van der Waals surface area contributed by atoms with Crippen molar-refractivity contribution in [3.8, 4) is 11.1 Å². The highest BCUT2D eigenvalue weighted by Crippen LogP contribution is 2.44. The van der Waals surface area contributed by atoms with Gasteiger partial charge < -0.3 is 5.32 Å². The number of carbonyl (C=O) groups excluding carboxylic acids is 1. The Kier molecular flexibility index (Phi) is 5.03. The summed E-state index contributed by atoms with van der Waals surface area (Å²) in [5, 5.41) is 8.26. The summed E-state index contributed by atoms with van der Waals surface area (Å²) in [5.41, 5.74) is 6.77. The van der Waals surface area contributed by atoms with E-state index >= 15 is 0 Å². The van der Waals surface area contributed by atoms with Gasteiger partial charge >= 0.3 is 0 Å². The first-order chi connectivity index (χ1) is 15.2. The van der Waals surface area contributed by atoms with Crippen molar-refractivity contribution in [2.24, 2.45) is 10.5 Å². The highest BCUT2D eigenvalue weighted by molar-refractivity contribution is 7.92. The predicted octanol–water partition coefficient (Wildman–Crippen LogP) is 2.64. The molecule has 1 fully saturated rings. The minimum absolute atomic E-state index is 0.0349. The predicted molar refractivity (Wildman–Crippen MR) is 124 cm³/mol. The maximum absolute atomic E-state index is 12.8. The minimum atomic E-state index is -3.33. The Labute approximate surface area is 192 Å². The van der Waals surface area contributed by atoms with Crippen LogP contribution in [0.2, 0.25) is 5.02 Å². The smallest absolute Gasteiger partial charge is 0.252 e. The number of piperidine rings is 1. The van der Waals surface area contributed by atoms with Crippen molar-refractivity contribution in [1.82, 2.24) is 15.7 Å². The molecular weight excluding hydrogens is 450 g/mol. The molecule has 3 aliphatic rings. The summed E-state index contributed by atoms with van der Waals surface area (Å²) in [6, 6.07) is 5.59. The molecule has 0 radical (unpaired) electrons. The standard InChI is InChI=1S/C22H24ClN5O3S/c1-13(20-22(21(29)27-26-20)5-7-24-8-6-22)19-16(10-25-11-17(19)23)14-3-4-18-15(9-14)12-32(30,31)28(18)2/h3-4,9-11,13,24H,5-8,12H2,1-2H3,(H,27,29). The molecule has 0 aliphatic carbocycles. The monoisotopic (exact) mass is 473 g/mol. The number of hydrazone groups is 1. The van der Waals surface area contributed by atoms with Crippen LogP contribution >= 0.6 is 11.6 Å². The average Bonchev–Trinajstić information content (AvgIpc) is 3.20. The van der Waals surface area contributed by atoms with Gasteiger partial charge in [0.05, 0.1) is 27.6 Å². The zero-order valence-corrected chi connectivity index (χ0v) is 19.4. The molecule has 3 aliphatic heterocycles. The lowest BCUT2D eigenvalue weighted by molar-refractivity contribution is -0.127. The molecule has 1 spiro atoms. The quantitative estimate of drug-likeness (QED) is 0.713. The van der Waals surface area contributed by atoms with Crippen LogP contribution in [0.15, 0.2) is 35.7 Å². The number of carbonyl (C=O) groups is 1. The number of rotatable bonds is 3. The number of amides is 1. The fourth-order valence-corrected chi connectivity index (χ4v) is 6.78. The molecule has 0 bridgehead atoms. The van der Waals surface area contributed by atoms with E-state index in [1.165, 1.54) is 4.31 Å². The van der Waals surface area contributed by atoms with Crippen LogP contribution in [-0.4, -0.2) is 45.2 Å². The SMILES string of the molecule is CC(C1=NNC(=O)C12CCNCC2)c1c(Cl)cncc1-c1ccc2c(c1)CS(=O)(=O)N2C. The molecule has 1 unspecified atom stereocenters. The van der Waals surface area contributed by atoms with Crippen LogP contribution < -0.4 is 15.0 Å². The van der Waals surface area contributed by atoms with Gasteiger partial charge in [0.25, 0.3) is 5.91 Å². The molecule has 32 heavy (non-hydrogen) atoms. The molecule has 5 rings (SSSR count). The van der Waals surface area contributed by atoms with Crippen LogP contribution in [0.3, 0.4) is 0 Å². The summed E-state index contributed by atoms with van der Waals surface area (Å²) < 4.78 is 25.9. The van der Waals surface area contributed by atoms with E-state index in [0.29, 0.717) is 23.6 Å². The highest BCUT2D eigenvalue weighted by Gasteiger charge is 2.50. The van der Waals surface area contributed by atoms with Crippen LogP contribution in [0.5, 0.6) is 0 Å². The number of sulfonamides is 1. The first-order valence-corrected chi connectivity index (χ1v) is 12.6. The Morgan fingerprint density at radius 3 is 2.72 bits per heavy atom. The molecule has 2 aromatic rings. The van der Waals surface area contributed by atoms with E-state index in [2.05, 4.69) is 20.8 Å². The molecule has 1 aromatic heterocycles. The fourth-order valence-electron chi connectivity index (χ4n) is 5.16. The van der Waals surface area contributed by atoms with E-state index in [0.717, 1.165) is 41.1 Å². The lowest BCUT2D eigenvalue weighted by atomic mass is 9.69. The number of fused-ring (bicyclic) bond motifs is 1. The first-order valence-electron chi connectivity index (χ1n) is 10.6. The Morgan fingerprint density at radius 1 is 1.22 bits per heavy atom. The van der Waals surface area contributed by atoms with Crippen LogP contribution in [0, 0.1) is 5.41 Å². The maximum Gasteiger partial charge on any atom is 0.252 e. The highest BCUT2D eigenvalue weighted by atomic mass is 35.5. The second-order valence-corrected chi connectivity index (χ2v) is 11.0. The van der Waals surface area contributed by atoms with Gasteiger partial charge in [-0.2, -0.15) is 5.10 Å². The number of halogens is 1. The maximum atomic E-state index is 12.8. The molecule has 0 saturated carbocycles. The number of aromatic nitrogens is 1. The van der Waals surface area contributed by atoms with Crippen LogP contribution in [0.1, 0.15) is 36.8 Å². The van der Waals surface area contributed by atoms with Crippen molar-refractivity contribution in [2.45, 2.75) is 31.4 Å². The summed E-state index contributed by atoms with van der Waals surface area (Å²) >= 11 is 6.66. The van der Waals surface area contributed by atoms with Gasteiger partial charge in [-0.3, -0.25) is 14.1 Å². The number of hydrogen-bond donors (Lipinski definition) is 2. The Bertz CT molecular complexity index is 1250. The second-order valence-electron chi connectivity index (χ2n) is 8.64. The molecule has 168 valence electrons. The topological polar surface area (TPSA) is 104 Å². The normalized spacial score (nSPS) is 21.9. The van der Waals surface area contributed by atoms with Crippen molar-refractivity contribution in [3.63, 3.8) is 0 Å². The molecule has 1 atom stereocenters. The summed E-state index contributed by atoms with van der Waals surface area (Å²) in [6.45, 7) is 3.52. The van der Waals surface area contributed by atoms with Gasteiger partial charge in [-0.1, -0.05) is 24.6 Å². The largest absolute Gasteiger partial charge is 0.317 e. The summed E-state index contributed by atoms with van der Waals surface area (Å²) in [7, 11) is -1.77. The van der Waals surface area contributed by atoms with E-state index < -0.39 is 15.4 Å². The molecular formula is C22H24ClN5O3S. The first kappa shape index (κ1) is 21.4. The van der Waals surface area contributed by atoms with E-state index in [1.807, 2.05) is 25.1 Å². The summed E-state index contributed by atoms with van der Waals surface area (Å²) in [5.74, 6) is -0.317. The van der Waals surface area contributed by atoms with Crippen LogP contribution in [0.25, 0.3) is 11.1 Å². The Morgan fingerprint density at radius 2 is 1.97 bits per heavy atom. The zero-order chi connectivity index (χ0) is 22.7. The Balaban J connectivity index is 1.59. The van der Waals surface area contributed by atoms with Gasteiger partial charge in [-0.05, 0) is 54.8 Å². The minimum Gasteiger partial charge on any atom is -0.317 e. The fraction of sp³-hybridized carbons (Fsp3) is 0.409. The third-order valence-electron chi connectivity index (χ3n) is 6.93. The van der Waals surface area contributed by atoms with Crippen LogP contribution in [-0.2, 0) is 20.6 Å². The van der Waals surface area contributed by atoms with Crippen molar-refractivity contribution >= 4 is 38.9 Å². The van der Waals surface area contributed by atoms with E-state index in [4.69, 9.17) is 11.6 Å². The van der Waals surface area contributed by atoms with Gasteiger partial charge in [0.15, 0.2) is 0 Å². The lowest BCUT2D eigenvalue weighted by Gasteiger charge is -2.35. The van der Waals surface area contributed by atoms with Gasteiger partial charge in [0, 0.05) is 30.9 Å². The lowest BCUT2D eigenvalue weighted by Crippen LogP contribution is -2.47. The van der Waals surface area contributed by atoms with Gasteiger partial charge in [0.2, 0.25) is 10.0 Å². The summed E-state index contributed by atoms with van der Waals surface area (Å²) in [4.78, 5) is 17.1. The van der Waals surface area contributed by atoms with Gasteiger partial charge in [0.1, 0.15) is 0 Å². The zero-order valence-electron chi connectivity index (χ0n) is 17.9. The van der Waals surface area contributed by atoms with Crippen molar-refractivity contribution in [1.29, 1.82) is 0 Å². The number of benzene rings is 1. The number of nitrogens with one attached hydrogen (secondary N) is 2. The molecule has 1 saturated heterocycles. The molecule has 1 amide bonds. The van der Waals surface area contributed by atoms with Gasteiger partial charge in [-0.25, -0.2) is 13.8 Å². The summed E-state index contributed by atoms with van der Waals surface area (Å²) in [6.07, 6.45) is 4.71. The van der Waals surface area contributed by atoms with E-state index in [-0.39, 0.29) is 17.6 Å². The second kappa shape index (κ2) is 7.54. The molecule has 8 nitrogen and oxygen atoms in total. The number of pyridine rings is 1. The number of nitrogens with zero attached hydrogens (tertiary/aromatic N) is 3. The van der Waals surface area contributed by atoms with Crippen LogP contribution in [0.4, 0.5) is 5.69 Å². The van der Waals surface area contributed by atoms with E-state index in [9.17, 15) is 13.2 Å². The van der Waals surface area contributed by atoms with E-state index in [1.54, 1.807) is 19.4 Å². The third-order valence-corrected chi connectivity index (χ3v) is 8.94. The average molecular weight is 474 g/mol. The molecule has 4 heterocycles. The number of anilines is 1. The number of hydrogen-bond acceptors (Lipinski definition) is 6. The van der Waals surface area contributed by atoms with Crippen molar-refractivity contribution in [2.75, 3.05) is 24.4 Å². The molecule has 2 N–H and O–H groups in total. The Hall–Kier alpha value is -2.49. The molecule has 10 heteroatoms. The molecule has 1 aromatic carbocycles. The van der Waals surface area contributed by atoms with Gasteiger partial charge in [-0.15, -0.1) is 0 Å². The van der Waals surface area contributed by atoms with Crippen molar-refractivity contribution < 1.29 is 13.2 Å². The third kappa shape index (κ3) is 3.14.